The normalized spacial score (nSPS) is 14.7. The van der Waals surface area contributed by atoms with Crippen molar-refractivity contribution in [3.05, 3.63) is 59.2 Å². The average molecular weight is 436 g/mol. The van der Waals surface area contributed by atoms with Crippen LogP contribution >= 0.6 is 0 Å². The van der Waals surface area contributed by atoms with Crippen molar-refractivity contribution in [3.63, 3.8) is 0 Å². The van der Waals surface area contributed by atoms with Crippen molar-refractivity contribution in [2.24, 2.45) is 5.92 Å². The van der Waals surface area contributed by atoms with Crippen LogP contribution in [0.3, 0.4) is 0 Å². The number of anilines is 2. The molecule has 0 heterocycles. The molecule has 2 aromatic carbocycles. The van der Waals surface area contributed by atoms with Gasteiger partial charge in [0.25, 0.3) is 0 Å². The Morgan fingerprint density at radius 3 is 2.41 bits per heavy atom. The molecule has 32 heavy (non-hydrogen) atoms. The van der Waals surface area contributed by atoms with Crippen molar-refractivity contribution < 1.29 is 14.6 Å². The number of ether oxygens (including phenoxy) is 1. The van der Waals surface area contributed by atoms with Crippen LogP contribution < -0.4 is 9.64 Å². The second kappa shape index (κ2) is 9.81. The number of carboxylic acid groups (broad SMARTS) is 1. The number of nitrogens with zero attached hydrogens (tertiary/aromatic N) is 1. The van der Waals surface area contributed by atoms with E-state index in [1.165, 1.54) is 16.7 Å². The highest BCUT2D eigenvalue weighted by atomic mass is 16.5. The van der Waals surface area contributed by atoms with Crippen molar-refractivity contribution in [1.82, 2.24) is 0 Å². The van der Waals surface area contributed by atoms with E-state index in [0.717, 1.165) is 42.9 Å². The largest absolute Gasteiger partial charge is 0.491 e. The van der Waals surface area contributed by atoms with E-state index in [1.54, 1.807) is 12.1 Å². The Hall–Kier alpha value is -2.75. The maximum Gasteiger partial charge on any atom is 0.335 e. The van der Waals surface area contributed by atoms with E-state index in [2.05, 4.69) is 64.7 Å². The highest BCUT2D eigenvalue weighted by Gasteiger charge is 2.31. The van der Waals surface area contributed by atoms with Gasteiger partial charge in [0.15, 0.2) is 0 Å². The molecule has 1 aliphatic carbocycles. The summed E-state index contributed by atoms with van der Waals surface area (Å²) in [6.45, 7) is 14.8. The van der Waals surface area contributed by atoms with Crippen LogP contribution in [-0.2, 0) is 5.41 Å². The third-order valence-electron chi connectivity index (χ3n) is 6.38. The van der Waals surface area contributed by atoms with Gasteiger partial charge in [-0.25, -0.2) is 4.79 Å². The number of fused-ring (bicyclic) bond motifs is 1. The maximum atomic E-state index is 11.3. The number of allylic oxidation sites excluding steroid dienone is 2. The lowest BCUT2D eigenvalue weighted by atomic mass is 9.71. The standard InChI is InChI=1S/C28H37NO3/c1-7-9-16-32-26-18-24-23(22(19(3)4)14-15-28(24,5)6)17-25(26)29(8-2)21-12-10-20(11-13-21)27(30)31/h10-14,17-19H,7-9,15-16H2,1-6H3,(H,30,31). The zero-order valence-corrected chi connectivity index (χ0v) is 20.4. The van der Waals surface area contributed by atoms with Gasteiger partial charge >= 0.3 is 5.97 Å². The van der Waals surface area contributed by atoms with Gasteiger partial charge in [-0.1, -0.05) is 47.1 Å². The number of rotatable bonds is 9. The summed E-state index contributed by atoms with van der Waals surface area (Å²) in [4.78, 5) is 13.5. The van der Waals surface area contributed by atoms with Crippen LogP contribution in [0.5, 0.6) is 5.75 Å². The van der Waals surface area contributed by atoms with E-state index in [0.29, 0.717) is 18.1 Å². The van der Waals surface area contributed by atoms with Gasteiger partial charge in [0.1, 0.15) is 5.75 Å². The van der Waals surface area contributed by atoms with Gasteiger partial charge in [0.2, 0.25) is 0 Å². The first-order valence-electron chi connectivity index (χ1n) is 11.8. The minimum absolute atomic E-state index is 0.0509. The second-order valence-corrected chi connectivity index (χ2v) is 9.57. The summed E-state index contributed by atoms with van der Waals surface area (Å²) in [5, 5.41) is 9.28. The number of hydrogen-bond donors (Lipinski definition) is 1. The number of aromatic carboxylic acids is 1. The third-order valence-corrected chi connectivity index (χ3v) is 6.38. The lowest BCUT2D eigenvalue weighted by Crippen LogP contribution is -2.24. The summed E-state index contributed by atoms with van der Waals surface area (Å²) < 4.78 is 6.34. The van der Waals surface area contributed by atoms with Crippen LogP contribution in [0.4, 0.5) is 11.4 Å². The topological polar surface area (TPSA) is 49.8 Å². The molecule has 0 saturated heterocycles. The van der Waals surface area contributed by atoms with E-state index < -0.39 is 5.97 Å². The van der Waals surface area contributed by atoms with Crippen molar-refractivity contribution in [2.75, 3.05) is 18.1 Å². The van der Waals surface area contributed by atoms with Crippen molar-refractivity contribution >= 4 is 22.9 Å². The van der Waals surface area contributed by atoms with Gasteiger partial charge in [-0.3, -0.25) is 0 Å². The molecule has 0 bridgehead atoms. The van der Waals surface area contributed by atoms with E-state index in [4.69, 9.17) is 4.74 Å². The minimum Gasteiger partial charge on any atom is -0.491 e. The van der Waals surface area contributed by atoms with Gasteiger partial charge < -0.3 is 14.7 Å². The lowest BCUT2D eigenvalue weighted by Gasteiger charge is -2.36. The van der Waals surface area contributed by atoms with Gasteiger partial charge in [0.05, 0.1) is 17.9 Å². The fraction of sp³-hybridized carbons (Fsp3) is 0.464. The highest BCUT2D eigenvalue weighted by molar-refractivity contribution is 5.88. The molecule has 3 rings (SSSR count). The fourth-order valence-corrected chi connectivity index (χ4v) is 4.43. The first-order chi connectivity index (χ1) is 15.2. The molecule has 0 aromatic heterocycles. The molecular formula is C28H37NO3. The summed E-state index contributed by atoms with van der Waals surface area (Å²) in [5.74, 6) is 0.430. The summed E-state index contributed by atoms with van der Waals surface area (Å²) in [7, 11) is 0. The Morgan fingerprint density at radius 1 is 1.16 bits per heavy atom. The van der Waals surface area contributed by atoms with Gasteiger partial charge in [-0.2, -0.15) is 0 Å². The zero-order valence-electron chi connectivity index (χ0n) is 20.4. The first-order valence-corrected chi connectivity index (χ1v) is 11.8. The molecule has 172 valence electrons. The Balaban J connectivity index is 2.16. The molecule has 4 nitrogen and oxygen atoms in total. The Labute approximate surface area is 192 Å². The summed E-state index contributed by atoms with van der Waals surface area (Å²) in [6, 6.07) is 11.6. The van der Waals surface area contributed by atoms with Crippen LogP contribution in [0.2, 0.25) is 0 Å². The average Bonchev–Trinajstić information content (AvgIpc) is 2.75. The molecule has 0 radical (unpaired) electrons. The molecule has 4 heteroatoms. The van der Waals surface area contributed by atoms with E-state index in [9.17, 15) is 9.90 Å². The first kappa shape index (κ1) is 23.9. The predicted molar refractivity (Wildman–Crippen MR) is 133 cm³/mol. The molecule has 0 saturated carbocycles. The molecule has 0 spiro atoms. The second-order valence-electron chi connectivity index (χ2n) is 9.57. The molecule has 0 unspecified atom stereocenters. The number of benzene rings is 2. The van der Waals surface area contributed by atoms with Crippen molar-refractivity contribution in [2.45, 2.75) is 66.2 Å². The van der Waals surface area contributed by atoms with Crippen LogP contribution in [0.25, 0.3) is 5.57 Å². The minimum atomic E-state index is -0.911. The SMILES string of the molecule is CCCCOc1cc2c(cc1N(CC)c1ccc(C(=O)O)cc1)C(C(C)C)=CCC2(C)C. The predicted octanol–water partition coefficient (Wildman–Crippen LogP) is 7.44. The monoisotopic (exact) mass is 435 g/mol. The van der Waals surface area contributed by atoms with Crippen LogP contribution in [0, 0.1) is 5.92 Å². The number of carbonyl (C=O) groups is 1. The smallest absolute Gasteiger partial charge is 0.335 e. The molecule has 0 atom stereocenters. The summed E-state index contributed by atoms with van der Waals surface area (Å²) in [6.07, 6.45) is 5.51. The fourth-order valence-electron chi connectivity index (χ4n) is 4.43. The lowest BCUT2D eigenvalue weighted by molar-refractivity contribution is 0.0697. The van der Waals surface area contributed by atoms with Crippen molar-refractivity contribution in [1.29, 1.82) is 0 Å². The van der Waals surface area contributed by atoms with Crippen LogP contribution in [0.15, 0.2) is 42.5 Å². The summed E-state index contributed by atoms with van der Waals surface area (Å²) >= 11 is 0. The Kier molecular flexibility index (Phi) is 7.33. The third kappa shape index (κ3) is 4.85. The quantitative estimate of drug-likeness (QED) is 0.416. The van der Waals surface area contributed by atoms with E-state index in [1.807, 2.05) is 12.1 Å². The van der Waals surface area contributed by atoms with Gasteiger partial charge in [-0.05, 0) is 84.2 Å². The van der Waals surface area contributed by atoms with E-state index in [-0.39, 0.29) is 5.41 Å². The molecule has 0 aliphatic heterocycles. The summed E-state index contributed by atoms with van der Waals surface area (Å²) in [5.41, 5.74) is 6.37. The Bertz CT molecular complexity index is 986. The molecule has 0 amide bonds. The number of hydrogen-bond acceptors (Lipinski definition) is 3. The van der Waals surface area contributed by atoms with Crippen LogP contribution in [-0.4, -0.2) is 24.2 Å². The Morgan fingerprint density at radius 2 is 1.84 bits per heavy atom. The van der Waals surface area contributed by atoms with Crippen molar-refractivity contribution in [3.8, 4) is 5.75 Å². The molecular weight excluding hydrogens is 398 g/mol. The molecule has 1 aliphatic rings. The van der Waals surface area contributed by atoms with Gasteiger partial charge in [0, 0.05) is 12.2 Å². The molecule has 0 fully saturated rings. The zero-order chi connectivity index (χ0) is 23.5. The number of unbranched alkanes of at least 4 members (excludes halogenated alkanes) is 1. The molecule has 2 aromatic rings. The highest BCUT2D eigenvalue weighted by Crippen LogP contribution is 2.47. The maximum absolute atomic E-state index is 11.3. The van der Waals surface area contributed by atoms with Gasteiger partial charge in [-0.15, -0.1) is 0 Å². The number of carboxylic acids is 1. The van der Waals surface area contributed by atoms with E-state index >= 15 is 0 Å². The van der Waals surface area contributed by atoms with Crippen LogP contribution in [0.1, 0.15) is 82.3 Å². The molecule has 1 N–H and O–H groups in total.